The van der Waals surface area contributed by atoms with Gasteiger partial charge in [0.2, 0.25) is 0 Å². The predicted octanol–water partition coefficient (Wildman–Crippen LogP) is 2.33. The van der Waals surface area contributed by atoms with Gasteiger partial charge in [-0.1, -0.05) is 6.92 Å². The highest BCUT2D eigenvalue weighted by atomic mass is 16.5. The first-order valence-corrected chi connectivity index (χ1v) is 7.74. The molecule has 0 spiro atoms. The Morgan fingerprint density at radius 2 is 2.20 bits per heavy atom. The second kappa shape index (κ2) is 7.60. The van der Waals surface area contributed by atoms with Crippen molar-refractivity contribution < 1.29 is 4.74 Å². The van der Waals surface area contributed by atoms with Crippen molar-refractivity contribution in [1.29, 1.82) is 0 Å². The Hall–Kier alpha value is -1.13. The molecule has 2 rings (SSSR count). The van der Waals surface area contributed by atoms with E-state index in [9.17, 15) is 0 Å². The monoisotopic (exact) mass is 277 g/mol. The molecule has 0 saturated carbocycles. The van der Waals surface area contributed by atoms with E-state index in [4.69, 9.17) is 4.74 Å². The lowest BCUT2D eigenvalue weighted by Crippen LogP contribution is -2.53. The first-order chi connectivity index (χ1) is 9.74. The fourth-order valence-electron chi connectivity index (χ4n) is 2.86. The molecule has 112 valence electrons. The molecule has 1 aliphatic rings. The van der Waals surface area contributed by atoms with Gasteiger partial charge in [-0.25, -0.2) is 0 Å². The van der Waals surface area contributed by atoms with E-state index in [1.165, 1.54) is 12.1 Å². The van der Waals surface area contributed by atoms with Crippen molar-refractivity contribution in [3.8, 4) is 0 Å². The summed E-state index contributed by atoms with van der Waals surface area (Å²) in [6, 6.07) is 4.93. The summed E-state index contributed by atoms with van der Waals surface area (Å²) in [5, 5.41) is 0. The fourth-order valence-corrected chi connectivity index (χ4v) is 2.86. The van der Waals surface area contributed by atoms with Crippen LogP contribution in [0.2, 0.25) is 0 Å². The summed E-state index contributed by atoms with van der Waals surface area (Å²) in [6.07, 6.45) is 3.10. The Bertz CT molecular complexity index is 410. The van der Waals surface area contributed by atoms with Crippen molar-refractivity contribution >= 4 is 5.69 Å². The van der Waals surface area contributed by atoms with Crippen molar-refractivity contribution in [3.05, 3.63) is 24.0 Å². The molecule has 0 N–H and O–H groups in total. The van der Waals surface area contributed by atoms with Crippen molar-refractivity contribution in [2.75, 3.05) is 44.3 Å². The average Bonchev–Trinajstić information content (AvgIpc) is 2.47. The summed E-state index contributed by atoms with van der Waals surface area (Å²) in [5.41, 5.74) is 2.40. The van der Waals surface area contributed by atoms with Crippen LogP contribution in [-0.2, 0) is 4.74 Å². The van der Waals surface area contributed by atoms with E-state index in [1.54, 1.807) is 0 Å². The number of piperazine rings is 1. The van der Waals surface area contributed by atoms with E-state index in [0.717, 1.165) is 45.1 Å². The average molecular weight is 277 g/mol. The van der Waals surface area contributed by atoms with Crippen molar-refractivity contribution in [1.82, 2.24) is 9.88 Å². The minimum atomic E-state index is 0.623. The SMILES string of the molecule is CCOCCN1CCN(c2ccnc(C)c2)CC1CC. The molecule has 0 radical (unpaired) electrons. The highest BCUT2D eigenvalue weighted by Gasteiger charge is 2.25. The molecule has 1 unspecified atom stereocenters. The predicted molar refractivity (Wildman–Crippen MR) is 83.3 cm³/mol. The standard InChI is InChI=1S/C16H27N3O/c1-4-15-13-19(16-6-7-17-14(3)12-16)9-8-18(15)10-11-20-5-2/h6-7,12,15H,4-5,8-11,13H2,1-3H3. The van der Waals surface area contributed by atoms with Gasteiger partial charge in [-0.3, -0.25) is 9.88 Å². The van der Waals surface area contributed by atoms with Crippen molar-refractivity contribution in [2.45, 2.75) is 33.2 Å². The quantitative estimate of drug-likeness (QED) is 0.746. The molecular formula is C16H27N3O. The molecule has 1 aromatic heterocycles. The molecule has 0 aliphatic carbocycles. The Balaban J connectivity index is 1.94. The van der Waals surface area contributed by atoms with Gasteiger partial charge in [0.25, 0.3) is 0 Å². The third-order valence-electron chi connectivity index (χ3n) is 4.05. The Labute approximate surface area is 122 Å². The second-order valence-electron chi connectivity index (χ2n) is 5.40. The van der Waals surface area contributed by atoms with E-state index in [-0.39, 0.29) is 0 Å². The van der Waals surface area contributed by atoms with Gasteiger partial charge in [-0.15, -0.1) is 0 Å². The number of aromatic nitrogens is 1. The number of hydrogen-bond acceptors (Lipinski definition) is 4. The zero-order valence-electron chi connectivity index (χ0n) is 13.0. The van der Waals surface area contributed by atoms with Gasteiger partial charge >= 0.3 is 0 Å². The Morgan fingerprint density at radius 1 is 1.35 bits per heavy atom. The van der Waals surface area contributed by atoms with Crippen LogP contribution in [0.1, 0.15) is 26.0 Å². The number of rotatable bonds is 6. The first kappa shape index (κ1) is 15.3. The molecule has 4 heteroatoms. The van der Waals surface area contributed by atoms with Crippen LogP contribution in [0.4, 0.5) is 5.69 Å². The lowest BCUT2D eigenvalue weighted by atomic mass is 10.1. The highest BCUT2D eigenvalue weighted by molar-refractivity contribution is 5.47. The minimum absolute atomic E-state index is 0.623. The van der Waals surface area contributed by atoms with E-state index in [0.29, 0.717) is 6.04 Å². The maximum absolute atomic E-state index is 5.49. The summed E-state index contributed by atoms with van der Waals surface area (Å²) in [4.78, 5) is 9.34. The van der Waals surface area contributed by atoms with Crippen LogP contribution >= 0.6 is 0 Å². The smallest absolute Gasteiger partial charge is 0.0593 e. The van der Waals surface area contributed by atoms with E-state index in [1.807, 2.05) is 6.20 Å². The lowest BCUT2D eigenvalue weighted by molar-refractivity contribution is 0.0870. The summed E-state index contributed by atoms with van der Waals surface area (Å²) in [5.74, 6) is 0. The molecule has 0 aromatic carbocycles. The van der Waals surface area contributed by atoms with Crippen LogP contribution in [0, 0.1) is 6.92 Å². The van der Waals surface area contributed by atoms with E-state index >= 15 is 0 Å². The molecule has 1 saturated heterocycles. The van der Waals surface area contributed by atoms with Crippen LogP contribution in [0.25, 0.3) is 0 Å². The number of hydrogen-bond donors (Lipinski definition) is 0. The summed E-state index contributed by atoms with van der Waals surface area (Å²) >= 11 is 0. The van der Waals surface area contributed by atoms with Crippen LogP contribution in [0.15, 0.2) is 18.3 Å². The van der Waals surface area contributed by atoms with Gasteiger partial charge in [0.15, 0.2) is 0 Å². The van der Waals surface area contributed by atoms with Gasteiger partial charge in [0.05, 0.1) is 6.61 Å². The van der Waals surface area contributed by atoms with Gasteiger partial charge in [-0.05, 0) is 32.4 Å². The topological polar surface area (TPSA) is 28.6 Å². The van der Waals surface area contributed by atoms with Crippen LogP contribution in [0.5, 0.6) is 0 Å². The Morgan fingerprint density at radius 3 is 2.90 bits per heavy atom. The maximum Gasteiger partial charge on any atom is 0.0593 e. The molecule has 0 bridgehead atoms. The molecular weight excluding hydrogens is 250 g/mol. The van der Waals surface area contributed by atoms with Gasteiger partial charge < -0.3 is 9.64 Å². The zero-order chi connectivity index (χ0) is 14.4. The van der Waals surface area contributed by atoms with Crippen molar-refractivity contribution in [3.63, 3.8) is 0 Å². The molecule has 1 aromatic rings. The third kappa shape index (κ3) is 3.93. The second-order valence-corrected chi connectivity index (χ2v) is 5.40. The third-order valence-corrected chi connectivity index (χ3v) is 4.05. The van der Waals surface area contributed by atoms with Crippen LogP contribution in [-0.4, -0.2) is 55.3 Å². The van der Waals surface area contributed by atoms with Crippen molar-refractivity contribution in [2.24, 2.45) is 0 Å². The maximum atomic E-state index is 5.49. The van der Waals surface area contributed by atoms with Gasteiger partial charge in [-0.2, -0.15) is 0 Å². The van der Waals surface area contributed by atoms with Gasteiger partial charge in [0.1, 0.15) is 0 Å². The molecule has 1 aliphatic heterocycles. The summed E-state index contributed by atoms with van der Waals surface area (Å²) < 4.78 is 5.49. The molecule has 1 atom stereocenters. The Kier molecular flexibility index (Phi) is 5.80. The number of nitrogens with zero attached hydrogens (tertiary/aromatic N) is 3. The molecule has 0 amide bonds. The largest absolute Gasteiger partial charge is 0.380 e. The zero-order valence-corrected chi connectivity index (χ0v) is 13.0. The van der Waals surface area contributed by atoms with Gasteiger partial charge in [0, 0.05) is 56.4 Å². The normalized spacial score (nSPS) is 20.4. The molecule has 2 heterocycles. The summed E-state index contributed by atoms with van der Waals surface area (Å²) in [7, 11) is 0. The number of anilines is 1. The number of pyridine rings is 1. The van der Waals surface area contributed by atoms with Crippen LogP contribution < -0.4 is 4.90 Å². The summed E-state index contributed by atoms with van der Waals surface area (Å²) in [6.45, 7) is 12.4. The van der Waals surface area contributed by atoms with E-state index in [2.05, 4.69) is 47.7 Å². The highest BCUT2D eigenvalue weighted by Crippen LogP contribution is 2.20. The molecule has 1 fully saturated rings. The molecule has 20 heavy (non-hydrogen) atoms. The minimum Gasteiger partial charge on any atom is -0.380 e. The lowest BCUT2D eigenvalue weighted by Gasteiger charge is -2.42. The molecule has 4 nitrogen and oxygen atoms in total. The van der Waals surface area contributed by atoms with Crippen LogP contribution in [0.3, 0.4) is 0 Å². The van der Waals surface area contributed by atoms with E-state index < -0.39 is 0 Å². The number of aryl methyl sites for hydroxylation is 1. The number of ether oxygens (including phenoxy) is 1. The first-order valence-electron chi connectivity index (χ1n) is 7.74. The fraction of sp³-hybridized carbons (Fsp3) is 0.688.